The molecule has 0 saturated heterocycles. The number of esters is 1. The van der Waals surface area contributed by atoms with E-state index in [0.717, 1.165) is 12.8 Å². The van der Waals surface area contributed by atoms with Crippen molar-refractivity contribution in [2.45, 2.75) is 52.6 Å². The van der Waals surface area contributed by atoms with E-state index >= 15 is 0 Å². The van der Waals surface area contributed by atoms with Crippen molar-refractivity contribution in [3.8, 4) is 0 Å². The number of nitrogens with zero attached hydrogens (tertiary/aromatic N) is 1. The molecule has 1 amide bonds. The number of hydrogen-bond acceptors (Lipinski definition) is 4. The van der Waals surface area contributed by atoms with Gasteiger partial charge in [-0.25, -0.2) is 0 Å². The monoisotopic (exact) mass is 256 g/mol. The van der Waals surface area contributed by atoms with Crippen LogP contribution in [0, 0.1) is 5.41 Å². The topological polar surface area (TPSA) is 72.6 Å². The summed E-state index contributed by atoms with van der Waals surface area (Å²) >= 11 is 0. The second-order valence-electron chi connectivity index (χ2n) is 5.85. The number of amides is 1. The Morgan fingerprint density at radius 1 is 1.39 bits per heavy atom. The van der Waals surface area contributed by atoms with E-state index in [1.165, 1.54) is 0 Å². The van der Waals surface area contributed by atoms with E-state index in [0.29, 0.717) is 6.61 Å². The van der Waals surface area contributed by atoms with Crippen LogP contribution in [0.2, 0.25) is 0 Å². The number of ether oxygens (including phenoxy) is 1. The summed E-state index contributed by atoms with van der Waals surface area (Å²) < 4.78 is 4.89. The number of rotatable bonds is 5. The maximum atomic E-state index is 12.3. The van der Waals surface area contributed by atoms with E-state index in [9.17, 15) is 9.59 Å². The molecule has 0 heterocycles. The molecular formula is C13H24N2O3. The summed E-state index contributed by atoms with van der Waals surface area (Å²) in [4.78, 5) is 25.4. The normalized spacial score (nSPS) is 17.2. The molecule has 2 N–H and O–H groups in total. The first-order valence-corrected chi connectivity index (χ1v) is 6.49. The van der Waals surface area contributed by atoms with Crippen LogP contribution in [0.15, 0.2) is 0 Å². The van der Waals surface area contributed by atoms with Gasteiger partial charge < -0.3 is 15.4 Å². The molecule has 1 aliphatic carbocycles. The van der Waals surface area contributed by atoms with Crippen molar-refractivity contribution in [1.82, 2.24) is 4.90 Å². The summed E-state index contributed by atoms with van der Waals surface area (Å²) in [6.45, 7) is 7.86. The predicted octanol–water partition coefficient (Wildman–Crippen LogP) is 0.914. The molecular weight excluding hydrogens is 232 g/mol. The Bertz CT molecular complexity index is 319. The molecule has 0 aromatic carbocycles. The van der Waals surface area contributed by atoms with Crippen LogP contribution in [-0.4, -0.2) is 42.0 Å². The average Bonchev–Trinajstić information content (AvgIpc) is 3.07. The standard InChI is InChI=1S/C13H24N2O3/c1-5-18-10(16)8-15(9-6-7-9)12(17)11(14)13(2,3)4/h9,11H,5-8,14H2,1-4H3/t11-/m0/s1. The van der Waals surface area contributed by atoms with E-state index in [1.54, 1.807) is 11.8 Å². The van der Waals surface area contributed by atoms with Gasteiger partial charge >= 0.3 is 5.97 Å². The zero-order chi connectivity index (χ0) is 13.9. The first-order chi connectivity index (χ1) is 8.27. The van der Waals surface area contributed by atoms with Crippen molar-refractivity contribution in [2.75, 3.05) is 13.2 Å². The largest absolute Gasteiger partial charge is 0.465 e. The highest BCUT2D eigenvalue weighted by atomic mass is 16.5. The lowest BCUT2D eigenvalue weighted by Crippen LogP contribution is -2.52. The van der Waals surface area contributed by atoms with Crippen LogP contribution in [0.1, 0.15) is 40.5 Å². The van der Waals surface area contributed by atoms with Crippen LogP contribution in [0.3, 0.4) is 0 Å². The second kappa shape index (κ2) is 5.69. The smallest absolute Gasteiger partial charge is 0.325 e. The molecule has 1 fully saturated rings. The molecule has 18 heavy (non-hydrogen) atoms. The first kappa shape index (κ1) is 15.0. The summed E-state index contributed by atoms with van der Waals surface area (Å²) in [5.74, 6) is -0.517. The molecule has 5 heteroatoms. The lowest BCUT2D eigenvalue weighted by atomic mass is 9.86. The van der Waals surface area contributed by atoms with Gasteiger partial charge in [-0.05, 0) is 25.2 Å². The molecule has 0 spiro atoms. The lowest BCUT2D eigenvalue weighted by Gasteiger charge is -2.31. The molecule has 0 unspecified atom stereocenters. The second-order valence-corrected chi connectivity index (χ2v) is 5.85. The summed E-state index contributed by atoms with van der Waals surface area (Å²) in [7, 11) is 0. The third-order valence-corrected chi connectivity index (χ3v) is 3.07. The minimum atomic E-state index is -0.590. The molecule has 0 radical (unpaired) electrons. The quantitative estimate of drug-likeness (QED) is 0.742. The SMILES string of the molecule is CCOC(=O)CN(C(=O)[C@H](N)C(C)(C)C)C1CC1. The van der Waals surface area contributed by atoms with Crippen LogP contribution < -0.4 is 5.73 Å². The molecule has 1 rings (SSSR count). The van der Waals surface area contributed by atoms with E-state index < -0.39 is 6.04 Å². The van der Waals surface area contributed by atoms with Crippen molar-refractivity contribution in [2.24, 2.45) is 11.1 Å². The lowest BCUT2D eigenvalue weighted by molar-refractivity contribution is -0.150. The molecule has 5 nitrogen and oxygen atoms in total. The molecule has 0 bridgehead atoms. The Hall–Kier alpha value is -1.10. The van der Waals surface area contributed by atoms with E-state index in [2.05, 4.69) is 0 Å². The van der Waals surface area contributed by atoms with Gasteiger partial charge in [-0.3, -0.25) is 9.59 Å². The highest BCUT2D eigenvalue weighted by Gasteiger charge is 2.39. The van der Waals surface area contributed by atoms with Crippen LogP contribution in [0.25, 0.3) is 0 Å². The number of carbonyl (C=O) groups excluding carboxylic acids is 2. The van der Waals surface area contributed by atoms with Crippen molar-refractivity contribution < 1.29 is 14.3 Å². The molecule has 104 valence electrons. The summed E-state index contributed by atoms with van der Waals surface area (Å²) in [5.41, 5.74) is 5.66. The Kier molecular flexibility index (Phi) is 4.73. The first-order valence-electron chi connectivity index (χ1n) is 6.49. The van der Waals surface area contributed by atoms with Gasteiger partial charge in [0.25, 0.3) is 0 Å². The van der Waals surface area contributed by atoms with Crippen molar-refractivity contribution in [3.63, 3.8) is 0 Å². The van der Waals surface area contributed by atoms with Gasteiger partial charge in [-0.15, -0.1) is 0 Å². The van der Waals surface area contributed by atoms with Gasteiger partial charge in [0.2, 0.25) is 5.91 Å². The number of nitrogens with two attached hydrogens (primary N) is 1. The molecule has 0 aliphatic heterocycles. The summed E-state index contributed by atoms with van der Waals surface area (Å²) in [6.07, 6.45) is 1.89. The Morgan fingerprint density at radius 3 is 2.33 bits per heavy atom. The van der Waals surface area contributed by atoms with Gasteiger partial charge in [0, 0.05) is 6.04 Å². The van der Waals surface area contributed by atoms with Crippen LogP contribution in [-0.2, 0) is 14.3 Å². The van der Waals surface area contributed by atoms with E-state index in [1.807, 2.05) is 20.8 Å². The van der Waals surface area contributed by atoms with Gasteiger partial charge in [0.1, 0.15) is 6.54 Å². The predicted molar refractivity (Wildman–Crippen MR) is 68.8 cm³/mol. The molecule has 1 aliphatic rings. The van der Waals surface area contributed by atoms with Gasteiger partial charge in [0.15, 0.2) is 0 Å². The fourth-order valence-corrected chi connectivity index (χ4v) is 1.67. The third-order valence-electron chi connectivity index (χ3n) is 3.07. The average molecular weight is 256 g/mol. The zero-order valence-corrected chi connectivity index (χ0v) is 11.7. The van der Waals surface area contributed by atoms with Crippen LogP contribution >= 0.6 is 0 Å². The Morgan fingerprint density at radius 2 is 1.94 bits per heavy atom. The molecule has 1 atom stereocenters. The fraction of sp³-hybridized carbons (Fsp3) is 0.846. The molecule has 0 aromatic heterocycles. The zero-order valence-electron chi connectivity index (χ0n) is 11.7. The highest BCUT2D eigenvalue weighted by Crippen LogP contribution is 2.29. The van der Waals surface area contributed by atoms with Gasteiger partial charge in [0.05, 0.1) is 12.6 Å². The highest BCUT2D eigenvalue weighted by molar-refractivity contribution is 5.86. The molecule has 0 aromatic rings. The van der Waals surface area contributed by atoms with E-state index in [-0.39, 0.29) is 29.9 Å². The van der Waals surface area contributed by atoms with Gasteiger partial charge in [-0.2, -0.15) is 0 Å². The van der Waals surface area contributed by atoms with Crippen molar-refractivity contribution in [1.29, 1.82) is 0 Å². The number of hydrogen-bond donors (Lipinski definition) is 1. The Balaban J connectivity index is 2.67. The minimum absolute atomic E-state index is 0.0150. The number of carbonyl (C=O) groups is 2. The van der Waals surface area contributed by atoms with E-state index in [4.69, 9.17) is 10.5 Å². The van der Waals surface area contributed by atoms with Crippen molar-refractivity contribution in [3.05, 3.63) is 0 Å². The third kappa shape index (κ3) is 3.98. The molecule has 1 saturated carbocycles. The summed E-state index contributed by atoms with van der Waals surface area (Å²) in [6, 6.07) is -0.428. The fourth-order valence-electron chi connectivity index (χ4n) is 1.67. The van der Waals surface area contributed by atoms with Gasteiger partial charge in [-0.1, -0.05) is 20.8 Å². The van der Waals surface area contributed by atoms with Crippen LogP contribution in [0.4, 0.5) is 0 Å². The van der Waals surface area contributed by atoms with Crippen LogP contribution in [0.5, 0.6) is 0 Å². The summed E-state index contributed by atoms with van der Waals surface area (Å²) in [5, 5.41) is 0. The Labute approximate surface area is 109 Å². The maximum absolute atomic E-state index is 12.3. The maximum Gasteiger partial charge on any atom is 0.325 e. The minimum Gasteiger partial charge on any atom is -0.465 e. The van der Waals surface area contributed by atoms with Crippen molar-refractivity contribution >= 4 is 11.9 Å².